The molecule has 1 heterocycles. The van der Waals surface area contributed by atoms with Crippen molar-refractivity contribution >= 4 is 28.3 Å². The van der Waals surface area contributed by atoms with Crippen molar-refractivity contribution in [2.45, 2.75) is 19.8 Å². The molecule has 0 spiro atoms. The summed E-state index contributed by atoms with van der Waals surface area (Å²) in [6, 6.07) is 6.53. The summed E-state index contributed by atoms with van der Waals surface area (Å²) in [5.74, 6) is 0.674. The van der Waals surface area contributed by atoms with E-state index in [1.54, 1.807) is 0 Å². The zero-order valence-electron chi connectivity index (χ0n) is 9.63. The molecule has 1 atom stereocenters. The zero-order valence-corrected chi connectivity index (χ0v) is 11.8. The van der Waals surface area contributed by atoms with Crippen LogP contribution in [0.15, 0.2) is 18.2 Å². The summed E-state index contributed by atoms with van der Waals surface area (Å²) in [6.07, 6.45) is 2.49. The van der Waals surface area contributed by atoms with Crippen LogP contribution in [0.5, 0.6) is 0 Å². The highest BCUT2D eigenvalue weighted by Crippen LogP contribution is 2.19. The lowest BCUT2D eigenvalue weighted by Crippen LogP contribution is -2.24. The number of benzene rings is 1. The van der Waals surface area contributed by atoms with Crippen molar-refractivity contribution in [3.05, 3.63) is 27.3 Å². The molecule has 3 heteroatoms. The number of rotatable bonds is 3. The molecule has 1 N–H and O–H groups in total. The van der Waals surface area contributed by atoms with Gasteiger partial charge in [0, 0.05) is 22.4 Å². The summed E-state index contributed by atoms with van der Waals surface area (Å²) < 4.78 is 6.79. The summed E-state index contributed by atoms with van der Waals surface area (Å²) in [5, 5.41) is 3.50. The Balaban J connectivity index is 1.86. The molecule has 0 saturated carbocycles. The number of hydrogen-bond acceptors (Lipinski definition) is 2. The third-order valence-electron chi connectivity index (χ3n) is 3.02. The Labute approximate surface area is 111 Å². The fraction of sp³-hybridized carbons (Fsp3) is 0.538. The normalized spacial score (nSPS) is 20.8. The monoisotopic (exact) mass is 331 g/mol. The van der Waals surface area contributed by atoms with Crippen molar-refractivity contribution in [1.29, 1.82) is 0 Å². The topological polar surface area (TPSA) is 21.3 Å². The van der Waals surface area contributed by atoms with Gasteiger partial charge in [0.1, 0.15) is 0 Å². The van der Waals surface area contributed by atoms with Gasteiger partial charge in [-0.1, -0.05) is 6.07 Å². The van der Waals surface area contributed by atoms with Gasteiger partial charge >= 0.3 is 0 Å². The van der Waals surface area contributed by atoms with Gasteiger partial charge < -0.3 is 10.1 Å². The largest absolute Gasteiger partial charge is 0.385 e. The van der Waals surface area contributed by atoms with Gasteiger partial charge in [-0.25, -0.2) is 0 Å². The van der Waals surface area contributed by atoms with Gasteiger partial charge in [-0.3, -0.25) is 0 Å². The molecule has 1 aliphatic heterocycles. The molecule has 16 heavy (non-hydrogen) atoms. The Morgan fingerprint density at radius 3 is 3.06 bits per heavy atom. The number of nitrogens with one attached hydrogen (secondary N) is 1. The van der Waals surface area contributed by atoms with E-state index >= 15 is 0 Å². The molecular weight excluding hydrogens is 313 g/mol. The standard InChI is InChI=1S/C13H18INO/c1-10-4-5-12(7-13(10)14)15-8-11-3-2-6-16-9-11/h4-5,7,11,15H,2-3,6,8-9H2,1H3. The average molecular weight is 331 g/mol. The third kappa shape index (κ3) is 3.35. The number of ether oxygens (including phenoxy) is 1. The van der Waals surface area contributed by atoms with Crippen molar-refractivity contribution in [3.63, 3.8) is 0 Å². The molecule has 2 nitrogen and oxygen atoms in total. The minimum Gasteiger partial charge on any atom is -0.385 e. The maximum atomic E-state index is 5.47. The highest BCUT2D eigenvalue weighted by molar-refractivity contribution is 14.1. The SMILES string of the molecule is Cc1ccc(NCC2CCCOC2)cc1I. The van der Waals surface area contributed by atoms with Crippen LogP contribution in [0.25, 0.3) is 0 Å². The molecule has 88 valence electrons. The molecule has 1 aliphatic rings. The van der Waals surface area contributed by atoms with Crippen LogP contribution in [0.1, 0.15) is 18.4 Å². The second kappa shape index (κ2) is 5.87. The van der Waals surface area contributed by atoms with Gasteiger partial charge in [0.05, 0.1) is 6.61 Å². The minimum absolute atomic E-state index is 0.674. The maximum absolute atomic E-state index is 5.47. The number of anilines is 1. The van der Waals surface area contributed by atoms with Crippen molar-refractivity contribution in [2.75, 3.05) is 25.1 Å². The van der Waals surface area contributed by atoms with Gasteiger partial charge in [0.15, 0.2) is 0 Å². The summed E-state index contributed by atoms with van der Waals surface area (Å²) in [4.78, 5) is 0. The lowest BCUT2D eigenvalue weighted by molar-refractivity contribution is 0.0595. The molecule has 1 aromatic rings. The molecule has 0 amide bonds. The van der Waals surface area contributed by atoms with Crippen LogP contribution in [-0.4, -0.2) is 19.8 Å². The van der Waals surface area contributed by atoms with E-state index in [2.05, 4.69) is 53.0 Å². The Morgan fingerprint density at radius 2 is 2.38 bits per heavy atom. The van der Waals surface area contributed by atoms with Crippen LogP contribution in [0, 0.1) is 16.4 Å². The third-order valence-corrected chi connectivity index (χ3v) is 4.18. The Hall–Kier alpha value is -0.290. The number of halogens is 1. The highest BCUT2D eigenvalue weighted by Gasteiger charge is 2.13. The van der Waals surface area contributed by atoms with E-state index in [1.807, 2.05) is 0 Å². The molecule has 2 rings (SSSR count). The highest BCUT2D eigenvalue weighted by atomic mass is 127. The Bertz CT molecular complexity index is 348. The van der Waals surface area contributed by atoms with Crippen LogP contribution in [0.2, 0.25) is 0 Å². The van der Waals surface area contributed by atoms with Crippen LogP contribution >= 0.6 is 22.6 Å². The molecule has 1 unspecified atom stereocenters. The summed E-state index contributed by atoms with van der Waals surface area (Å²) >= 11 is 2.38. The molecule has 0 radical (unpaired) electrons. The van der Waals surface area contributed by atoms with Crippen LogP contribution < -0.4 is 5.32 Å². The molecule has 0 aliphatic carbocycles. The minimum atomic E-state index is 0.674. The van der Waals surface area contributed by atoms with Crippen molar-refractivity contribution in [1.82, 2.24) is 0 Å². The van der Waals surface area contributed by atoms with Gasteiger partial charge in [0.2, 0.25) is 0 Å². The van der Waals surface area contributed by atoms with E-state index in [0.717, 1.165) is 19.8 Å². The van der Waals surface area contributed by atoms with Crippen molar-refractivity contribution < 1.29 is 4.74 Å². The predicted octanol–water partition coefficient (Wildman–Crippen LogP) is 3.44. The number of aryl methyl sites for hydroxylation is 1. The molecular formula is C13H18INO. The van der Waals surface area contributed by atoms with E-state index < -0.39 is 0 Å². The van der Waals surface area contributed by atoms with Gasteiger partial charge in [-0.05, 0) is 66.0 Å². The quantitative estimate of drug-likeness (QED) is 0.857. The van der Waals surface area contributed by atoms with Crippen LogP contribution in [0.4, 0.5) is 5.69 Å². The predicted molar refractivity (Wildman–Crippen MR) is 75.9 cm³/mol. The average Bonchev–Trinajstić information content (AvgIpc) is 2.32. The fourth-order valence-electron chi connectivity index (χ4n) is 1.93. The molecule has 0 bridgehead atoms. The first-order chi connectivity index (χ1) is 7.75. The van der Waals surface area contributed by atoms with E-state index in [9.17, 15) is 0 Å². The fourth-order valence-corrected chi connectivity index (χ4v) is 2.45. The summed E-state index contributed by atoms with van der Waals surface area (Å²) in [5.41, 5.74) is 2.56. The van der Waals surface area contributed by atoms with Crippen LogP contribution in [0.3, 0.4) is 0 Å². The van der Waals surface area contributed by atoms with Gasteiger partial charge in [-0.2, -0.15) is 0 Å². The van der Waals surface area contributed by atoms with Crippen molar-refractivity contribution in [2.24, 2.45) is 5.92 Å². The molecule has 0 aromatic heterocycles. The van der Waals surface area contributed by atoms with E-state index in [1.165, 1.54) is 27.7 Å². The Kier molecular flexibility index (Phi) is 4.46. The first-order valence-electron chi connectivity index (χ1n) is 5.83. The lowest BCUT2D eigenvalue weighted by atomic mass is 10.0. The first-order valence-corrected chi connectivity index (χ1v) is 6.91. The second-order valence-corrected chi connectivity index (χ2v) is 5.59. The lowest BCUT2D eigenvalue weighted by Gasteiger charge is -2.22. The molecule has 1 aromatic carbocycles. The zero-order chi connectivity index (χ0) is 11.4. The van der Waals surface area contributed by atoms with Crippen LogP contribution in [-0.2, 0) is 4.74 Å². The summed E-state index contributed by atoms with van der Waals surface area (Å²) in [7, 11) is 0. The number of hydrogen-bond donors (Lipinski definition) is 1. The maximum Gasteiger partial charge on any atom is 0.0511 e. The van der Waals surface area contributed by atoms with E-state index in [0.29, 0.717) is 5.92 Å². The first kappa shape index (κ1) is 12.2. The van der Waals surface area contributed by atoms with Crippen molar-refractivity contribution in [3.8, 4) is 0 Å². The molecule has 1 fully saturated rings. The van der Waals surface area contributed by atoms with E-state index in [4.69, 9.17) is 4.74 Å². The molecule has 1 saturated heterocycles. The van der Waals surface area contributed by atoms with Gasteiger partial charge in [0.25, 0.3) is 0 Å². The van der Waals surface area contributed by atoms with Gasteiger partial charge in [-0.15, -0.1) is 0 Å². The van der Waals surface area contributed by atoms with E-state index in [-0.39, 0.29) is 0 Å². The smallest absolute Gasteiger partial charge is 0.0511 e. The summed E-state index contributed by atoms with van der Waals surface area (Å²) in [6.45, 7) is 5.02. The Morgan fingerprint density at radius 1 is 1.50 bits per heavy atom. The second-order valence-electron chi connectivity index (χ2n) is 4.43.